The number of rotatable bonds is 3. The number of hydrogen-bond donors (Lipinski definition) is 2. The Kier molecular flexibility index (Phi) is 4.03. The van der Waals surface area contributed by atoms with Crippen molar-refractivity contribution in [1.82, 2.24) is 10.2 Å². The van der Waals surface area contributed by atoms with E-state index < -0.39 is 12.0 Å². The number of nitrogens with one attached hydrogen (secondary N) is 1. The Labute approximate surface area is 112 Å². The van der Waals surface area contributed by atoms with Gasteiger partial charge in [0, 0.05) is 13.1 Å². The fourth-order valence-electron chi connectivity index (χ4n) is 1.76. The number of aliphatic hydroxyl groups is 1. The first kappa shape index (κ1) is 13.1. The smallest absolute Gasteiger partial charge is 0.287 e. The van der Waals surface area contributed by atoms with Crippen LogP contribution in [0.1, 0.15) is 17.0 Å². The molecule has 2 rings (SSSR count). The van der Waals surface area contributed by atoms with E-state index in [0.29, 0.717) is 24.2 Å². The van der Waals surface area contributed by atoms with Crippen LogP contribution in [0.25, 0.3) is 0 Å². The summed E-state index contributed by atoms with van der Waals surface area (Å²) in [7, 11) is 0. The first-order valence-corrected chi connectivity index (χ1v) is 6.35. The van der Waals surface area contributed by atoms with Crippen LogP contribution in [-0.4, -0.2) is 47.6 Å². The lowest BCUT2D eigenvalue weighted by atomic mass is 10.3. The number of carbonyl (C=O) groups excluding carboxylic acids is 2. The van der Waals surface area contributed by atoms with Crippen molar-refractivity contribution >= 4 is 27.7 Å². The lowest BCUT2D eigenvalue weighted by Gasteiger charge is -2.15. The molecule has 2 N–H and O–H groups in total. The van der Waals surface area contributed by atoms with Crippen molar-refractivity contribution in [3.05, 3.63) is 22.6 Å². The standard InChI is InChI=1S/C11H13BrN2O4/c12-9-2-1-8(18-9)11(17)13-5-10(16)14-4-3-7(15)6-14/h1-2,7,15H,3-6H2,(H,13,17)/t7-/m1/s1. The summed E-state index contributed by atoms with van der Waals surface area (Å²) in [5.74, 6) is -0.490. The van der Waals surface area contributed by atoms with Crippen molar-refractivity contribution in [2.45, 2.75) is 12.5 Å². The van der Waals surface area contributed by atoms with Gasteiger partial charge in [0.2, 0.25) is 5.91 Å². The average molecular weight is 317 g/mol. The van der Waals surface area contributed by atoms with E-state index in [1.54, 1.807) is 6.07 Å². The van der Waals surface area contributed by atoms with Crippen LogP contribution in [0.4, 0.5) is 0 Å². The molecule has 6 nitrogen and oxygen atoms in total. The third-order valence-corrected chi connectivity index (χ3v) is 3.14. The maximum absolute atomic E-state index is 11.7. The maximum Gasteiger partial charge on any atom is 0.287 e. The molecule has 2 amide bonds. The van der Waals surface area contributed by atoms with E-state index in [4.69, 9.17) is 4.42 Å². The van der Waals surface area contributed by atoms with E-state index in [9.17, 15) is 14.7 Å². The largest absolute Gasteiger partial charge is 0.444 e. The highest BCUT2D eigenvalue weighted by Crippen LogP contribution is 2.13. The average Bonchev–Trinajstić information content (AvgIpc) is 2.94. The van der Waals surface area contributed by atoms with Crippen LogP contribution in [0.5, 0.6) is 0 Å². The van der Waals surface area contributed by atoms with Crippen LogP contribution in [-0.2, 0) is 4.79 Å². The van der Waals surface area contributed by atoms with Gasteiger partial charge in [-0.25, -0.2) is 0 Å². The second kappa shape index (κ2) is 5.53. The van der Waals surface area contributed by atoms with Gasteiger partial charge in [0.05, 0.1) is 12.6 Å². The summed E-state index contributed by atoms with van der Waals surface area (Å²) in [4.78, 5) is 24.8. The SMILES string of the molecule is O=C(NCC(=O)N1CC[C@@H](O)C1)c1ccc(Br)o1. The number of nitrogens with zero attached hydrogens (tertiary/aromatic N) is 1. The molecular formula is C11H13BrN2O4. The number of halogens is 1. The zero-order valence-electron chi connectivity index (χ0n) is 9.56. The number of β-amino-alcohol motifs (C(OH)–C–C–N with tert-alkyl or cyclic N) is 1. The lowest BCUT2D eigenvalue weighted by Crippen LogP contribution is -2.39. The molecule has 0 radical (unpaired) electrons. The van der Waals surface area contributed by atoms with Crippen LogP contribution in [0.15, 0.2) is 21.2 Å². The van der Waals surface area contributed by atoms with Crippen LogP contribution in [0.3, 0.4) is 0 Å². The minimum absolute atomic E-state index is 0.0934. The molecule has 1 saturated heterocycles. The van der Waals surface area contributed by atoms with Crippen molar-refractivity contribution in [2.24, 2.45) is 0 Å². The molecule has 18 heavy (non-hydrogen) atoms. The number of amides is 2. The van der Waals surface area contributed by atoms with E-state index in [1.165, 1.54) is 11.0 Å². The summed E-state index contributed by atoms with van der Waals surface area (Å²) >= 11 is 3.09. The molecule has 1 fully saturated rings. The predicted molar refractivity (Wildman–Crippen MR) is 65.9 cm³/mol. The highest BCUT2D eigenvalue weighted by atomic mass is 79.9. The van der Waals surface area contributed by atoms with Crippen LogP contribution in [0.2, 0.25) is 0 Å². The molecule has 0 unspecified atom stereocenters. The van der Waals surface area contributed by atoms with Gasteiger partial charge in [-0.2, -0.15) is 0 Å². The van der Waals surface area contributed by atoms with Gasteiger partial charge in [-0.05, 0) is 34.5 Å². The van der Waals surface area contributed by atoms with Gasteiger partial charge in [-0.1, -0.05) is 0 Å². The quantitative estimate of drug-likeness (QED) is 0.843. The van der Waals surface area contributed by atoms with E-state index in [-0.39, 0.29) is 18.2 Å². The zero-order chi connectivity index (χ0) is 13.1. The molecule has 7 heteroatoms. The van der Waals surface area contributed by atoms with Crippen LogP contribution in [0, 0.1) is 0 Å². The number of likely N-dealkylation sites (tertiary alicyclic amines) is 1. The third kappa shape index (κ3) is 3.11. The van der Waals surface area contributed by atoms with Gasteiger partial charge in [-0.15, -0.1) is 0 Å². The fourth-order valence-corrected chi connectivity index (χ4v) is 2.07. The predicted octanol–water partition coefficient (Wildman–Crippen LogP) is 0.365. The van der Waals surface area contributed by atoms with Crippen LogP contribution < -0.4 is 5.32 Å². The Balaban J connectivity index is 1.81. The Morgan fingerprint density at radius 3 is 2.89 bits per heavy atom. The van der Waals surface area contributed by atoms with Crippen molar-refractivity contribution in [2.75, 3.05) is 19.6 Å². The third-order valence-electron chi connectivity index (χ3n) is 2.71. The number of hydrogen-bond acceptors (Lipinski definition) is 4. The fraction of sp³-hybridized carbons (Fsp3) is 0.455. The van der Waals surface area contributed by atoms with Gasteiger partial charge in [0.1, 0.15) is 0 Å². The molecule has 1 aromatic rings. The number of furan rings is 1. The summed E-state index contributed by atoms with van der Waals surface area (Å²) in [5.41, 5.74) is 0. The summed E-state index contributed by atoms with van der Waals surface area (Å²) in [5, 5.41) is 11.8. The van der Waals surface area contributed by atoms with Gasteiger partial charge >= 0.3 is 0 Å². The van der Waals surface area contributed by atoms with Gasteiger partial charge < -0.3 is 19.7 Å². The molecule has 0 spiro atoms. The summed E-state index contributed by atoms with van der Waals surface area (Å²) in [6, 6.07) is 3.12. The molecule has 0 aromatic carbocycles. The molecule has 1 aromatic heterocycles. The van der Waals surface area contributed by atoms with Gasteiger partial charge in [0.15, 0.2) is 10.4 Å². The van der Waals surface area contributed by atoms with E-state index in [1.807, 2.05) is 0 Å². The van der Waals surface area contributed by atoms with E-state index in [0.717, 1.165) is 0 Å². The first-order valence-electron chi connectivity index (χ1n) is 5.55. The van der Waals surface area contributed by atoms with E-state index in [2.05, 4.69) is 21.2 Å². The molecule has 1 atom stereocenters. The lowest BCUT2D eigenvalue weighted by molar-refractivity contribution is -0.129. The van der Waals surface area contributed by atoms with Crippen molar-refractivity contribution in [3.8, 4) is 0 Å². The molecular weight excluding hydrogens is 304 g/mol. The highest BCUT2D eigenvalue weighted by molar-refractivity contribution is 9.10. The highest BCUT2D eigenvalue weighted by Gasteiger charge is 2.24. The Morgan fingerprint density at radius 2 is 2.33 bits per heavy atom. The maximum atomic E-state index is 11.7. The first-order chi connectivity index (χ1) is 8.56. The van der Waals surface area contributed by atoms with E-state index >= 15 is 0 Å². The Bertz CT molecular complexity index is 460. The second-order valence-corrected chi connectivity index (χ2v) is 4.85. The molecule has 1 aliphatic heterocycles. The minimum atomic E-state index is -0.453. The number of aliphatic hydroxyl groups excluding tert-OH is 1. The molecule has 1 aliphatic rings. The van der Waals surface area contributed by atoms with Crippen LogP contribution >= 0.6 is 15.9 Å². The minimum Gasteiger partial charge on any atom is -0.444 e. The summed E-state index contributed by atoms with van der Waals surface area (Å²) in [6.45, 7) is 0.771. The molecule has 0 bridgehead atoms. The van der Waals surface area contributed by atoms with Crippen molar-refractivity contribution in [1.29, 1.82) is 0 Å². The molecule has 0 aliphatic carbocycles. The monoisotopic (exact) mass is 316 g/mol. The summed E-state index contributed by atoms with van der Waals surface area (Å²) in [6.07, 6.45) is 0.135. The molecule has 0 saturated carbocycles. The topological polar surface area (TPSA) is 82.8 Å². The Hall–Kier alpha value is -1.34. The number of carbonyl (C=O) groups is 2. The second-order valence-electron chi connectivity index (χ2n) is 4.07. The van der Waals surface area contributed by atoms with Crippen molar-refractivity contribution in [3.63, 3.8) is 0 Å². The zero-order valence-corrected chi connectivity index (χ0v) is 11.1. The summed E-state index contributed by atoms with van der Waals surface area (Å²) < 4.78 is 5.52. The van der Waals surface area contributed by atoms with Gasteiger partial charge in [-0.3, -0.25) is 9.59 Å². The van der Waals surface area contributed by atoms with Gasteiger partial charge in [0.25, 0.3) is 5.91 Å². The molecule has 98 valence electrons. The Morgan fingerprint density at radius 1 is 1.56 bits per heavy atom. The normalized spacial score (nSPS) is 19.0. The van der Waals surface area contributed by atoms with Crippen molar-refractivity contribution < 1.29 is 19.1 Å². The molecule has 2 heterocycles.